The lowest BCUT2D eigenvalue weighted by molar-refractivity contribution is -0.116. The number of hydrogen-bond donors (Lipinski definition) is 2. The monoisotopic (exact) mass is 451 g/mol. The summed E-state index contributed by atoms with van der Waals surface area (Å²) in [6.07, 6.45) is 1.01. The maximum atomic E-state index is 13.5. The fraction of sp³-hybridized carbons (Fsp3) is 0.261. The molecule has 9 heteroatoms. The predicted octanol–water partition coefficient (Wildman–Crippen LogP) is 3.95. The number of carbonyl (C=O) groups is 1. The Morgan fingerprint density at radius 1 is 1.09 bits per heavy atom. The molecule has 3 aromatic rings. The van der Waals surface area contributed by atoms with Crippen LogP contribution in [-0.2, 0) is 4.79 Å². The Labute approximate surface area is 190 Å². The number of fused-ring (bicyclic) bond motifs is 1. The van der Waals surface area contributed by atoms with Gasteiger partial charge in [0.15, 0.2) is 17.3 Å². The number of Topliss-reactive ketones (excluding diaryl/α,β-unsaturated/α-hetero) is 1. The Kier molecular flexibility index (Phi) is 5.01. The van der Waals surface area contributed by atoms with Crippen molar-refractivity contribution in [2.24, 2.45) is 0 Å². The molecule has 2 aliphatic rings. The summed E-state index contributed by atoms with van der Waals surface area (Å²) >= 11 is 6.26. The van der Waals surface area contributed by atoms with Crippen molar-refractivity contribution in [3.8, 4) is 11.5 Å². The highest BCUT2D eigenvalue weighted by Crippen LogP contribution is 2.45. The maximum Gasteiger partial charge on any atom is 0.241 e. The molecule has 2 aromatic carbocycles. The highest BCUT2D eigenvalue weighted by molar-refractivity contribution is 6.30. The van der Waals surface area contributed by atoms with E-state index in [4.69, 9.17) is 26.8 Å². The SMILES string of the molecule is COc1ccc([C@@H]2CC(=O)C3=C(C2)Nc2nc(N)nn2[C@H]3c2cccc(Cl)c2)cc1OC. The average molecular weight is 452 g/mol. The van der Waals surface area contributed by atoms with Gasteiger partial charge in [0.2, 0.25) is 11.9 Å². The Bertz CT molecular complexity index is 1250. The zero-order chi connectivity index (χ0) is 22.4. The molecule has 0 spiro atoms. The summed E-state index contributed by atoms with van der Waals surface area (Å²) in [7, 11) is 3.20. The van der Waals surface area contributed by atoms with Crippen LogP contribution in [-0.4, -0.2) is 34.8 Å². The van der Waals surface area contributed by atoms with Gasteiger partial charge in [-0.2, -0.15) is 4.98 Å². The van der Waals surface area contributed by atoms with Crippen molar-refractivity contribution in [3.63, 3.8) is 0 Å². The number of aromatic nitrogens is 3. The summed E-state index contributed by atoms with van der Waals surface area (Å²) in [6, 6.07) is 12.8. The van der Waals surface area contributed by atoms with E-state index >= 15 is 0 Å². The number of rotatable bonds is 4. The number of ketones is 1. The van der Waals surface area contributed by atoms with Crippen molar-refractivity contribution in [1.82, 2.24) is 14.8 Å². The largest absolute Gasteiger partial charge is 0.493 e. The standard InChI is InChI=1S/C23H22ClN5O3/c1-31-18-7-6-12(11-19(18)32-2)14-9-16-20(17(30)10-14)21(13-4-3-5-15(24)8-13)29-23(26-16)27-22(25)28-29/h3-8,11,14,21H,9-10H2,1-2H3,(H3,25,26,27,28)/t14-,21-/m0/s1. The van der Waals surface area contributed by atoms with Gasteiger partial charge in [0, 0.05) is 22.7 Å². The van der Waals surface area contributed by atoms with Crippen LogP contribution >= 0.6 is 11.6 Å². The molecule has 0 fully saturated rings. The topological polar surface area (TPSA) is 104 Å². The van der Waals surface area contributed by atoms with Crippen LogP contribution in [0.15, 0.2) is 53.7 Å². The zero-order valence-corrected chi connectivity index (χ0v) is 18.4. The number of nitrogens with two attached hydrogens (primary N) is 1. The van der Waals surface area contributed by atoms with Crippen LogP contribution in [0.4, 0.5) is 11.9 Å². The molecule has 5 rings (SSSR count). The van der Waals surface area contributed by atoms with Crippen LogP contribution in [0.5, 0.6) is 11.5 Å². The molecule has 164 valence electrons. The third-order valence-electron chi connectivity index (χ3n) is 5.98. The van der Waals surface area contributed by atoms with Crippen LogP contribution in [0.25, 0.3) is 0 Å². The highest BCUT2D eigenvalue weighted by atomic mass is 35.5. The molecular formula is C23H22ClN5O3. The van der Waals surface area contributed by atoms with Gasteiger partial charge in [0.1, 0.15) is 6.04 Å². The summed E-state index contributed by atoms with van der Waals surface area (Å²) in [6.45, 7) is 0. The fourth-order valence-corrected chi connectivity index (χ4v) is 4.75. The lowest BCUT2D eigenvalue weighted by Crippen LogP contribution is -2.33. The van der Waals surface area contributed by atoms with Gasteiger partial charge in [-0.25, -0.2) is 4.68 Å². The van der Waals surface area contributed by atoms with Crippen LogP contribution in [0, 0.1) is 0 Å². The molecule has 3 N–H and O–H groups in total. The van der Waals surface area contributed by atoms with Crippen LogP contribution in [0.1, 0.15) is 35.9 Å². The molecule has 0 saturated heterocycles. The maximum absolute atomic E-state index is 13.5. The highest BCUT2D eigenvalue weighted by Gasteiger charge is 2.39. The van der Waals surface area contributed by atoms with Gasteiger partial charge in [-0.05, 0) is 47.7 Å². The number of nitrogen functional groups attached to an aromatic ring is 1. The van der Waals surface area contributed by atoms with E-state index < -0.39 is 6.04 Å². The average Bonchev–Trinajstić information content (AvgIpc) is 3.16. The molecule has 0 saturated carbocycles. The zero-order valence-electron chi connectivity index (χ0n) is 17.6. The minimum Gasteiger partial charge on any atom is -0.493 e. The van der Waals surface area contributed by atoms with Crippen LogP contribution in [0.2, 0.25) is 5.02 Å². The molecule has 2 heterocycles. The number of halogens is 1. The molecule has 0 bridgehead atoms. The number of nitrogens with one attached hydrogen (secondary N) is 1. The second-order valence-corrected chi connectivity index (χ2v) is 8.29. The molecule has 1 aliphatic heterocycles. The predicted molar refractivity (Wildman–Crippen MR) is 121 cm³/mol. The first kappa shape index (κ1) is 20.4. The van der Waals surface area contributed by atoms with E-state index in [0.29, 0.717) is 40.9 Å². The van der Waals surface area contributed by atoms with E-state index in [9.17, 15) is 4.79 Å². The minimum atomic E-state index is -0.441. The summed E-state index contributed by atoms with van der Waals surface area (Å²) in [5.41, 5.74) is 9.25. The number of hydrogen-bond acceptors (Lipinski definition) is 7. The van der Waals surface area contributed by atoms with E-state index in [2.05, 4.69) is 15.4 Å². The summed E-state index contributed by atoms with van der Waals surface area (Å²) in [5.74, 6) is 1.97. The number of carbonyl (C=O) groups excluding carboxylic acids is 1. The number of ether oxygens (including phenoxy) is 2. The van der Waals surface area contributed by atoms with Gasteiger partial charge in [-0.1, -0.05) is 29.8 Å². The van der Waals surface area contributed by atoms with Gasteiger partial charge >= 0.3 is 0 Å². The van der Waals surface area contributed by atoms with Crippen molar-refractivity contribution < 1.29 is 14.3 Å². The first-order valence-electron chi connectivity index (χ1n) is 10.2. The van der Waals surface area contributed by atoms with E-state index in [1.165, 1.54) is 0 Å². The van der Waals surface area contributed by atoms with E-state index in [0.717, 1.165) is 16.8 Å². The van der Waals surface area contributed by atoms with E-state index in [-0.39, 0.29) is 17.6 Å². The third kappa shape index (κ3) is 3.36. The number of methoxy groups -OCH3 is 2. The molecule has 32 heavy (non-hydrogen) atoms. The first-order valence-corrected chi connectivity index (χ1v) is 10.6. The van der Waals surface area contributed by atoms with Gasteiger partial charge in [-0.3, -0.25) is 4.79 Å². The van der Waals surface area contributed by atoms with Gasteiger partial charge in [-0.15, -0.1) is 5.10 Å². The van der Waals surface area contributed by atoms with E-state index in [1.54, 1.807) is 25.0 Å². The molecule has 1 aromatic heterocycles. The van der Waals surface area contributed by atoms with Crippen molar-refractivity contribution in [2.75, 3.05) is 25.3 Å². The second kappa shape index (κ2) is 7.87. The van der Waals surface area contributed by atoms with Crippen molar-refractivity contribution in [2.45, 2.75) is 24.8 Å². The molecule has 0 unspecified atom stereocenters. The van der Waals surface area contributed by atoms with Crippen molar-refractivity contribution in [1.29, 1.82) is 0 Å². The van der Waals surface area contributed by atoms with Crippen LogP contribution in [0.3, 0.4) is 0 Å². The minimum absolute atomic E-state index is 0.0135. The lowest BCUT2D eigenvalue weighted by atomic mass is 9.78. The lowest BCUT2D eigenvalue weighted by Gasteiger charge is -2.35. The molecule has 8 nitrogen and oxygen atoms in total. The smallest absolute Gasteiger partial charge is 0.241 e. The first-order chi connectivity index (χ1) is 15.5. The van der Waals surface area contributed by atoms with Crippen molar-refractivity contribution >= 4 is 29.3 Å². The summed E-state index contributed by atoms with van der Waals surface area (Å²) in [5, 5.41) is 8.23. The normalized spacial score (nSPS) is 19.8. The van der Waals surface area contributed by atoms with Crippen molar-refractivity contribution in [3.05, 3.63) is 69.9 Å². The Morgan fingerprint density at radius 3 is 2.66 bits per heavy atom. The number of anilines is 2. The molecule has 2 atom stereocenters. The third-order valence-corrected chi connectivity index (χ3v) is 6.21. The quantitative estimate of drug-likeness (QED) is 0.618. The molecule has 0 radical (unpaired) electrons. The van der Waals surface area contributed by atoms with Crippen LogP contribution < -0.4 is 20.5 Å². The van der Waals surface area contributed by atoms with Gasteiger partial charge in [0.25, 0.3) is 0 Å². The molecule has 0 amide bonds. The summed E-state index contributed by atoms with van der Waals surface area (Å²) < 4.78 is 12.5. The molecular weight excluding hydrogens is 430 g/mol. The second-order valence-electron chi connectivity index (χ2n) is 7.86. The van der Waals surface area contributed by atoms with Gasteiger partial charge < -0.3 is 20.5 Å². The summed E-state index contributed by atoms with van der Waals surface area (Å²) in [4.78, 5) is 17.8. The Balaban J connectivity index is 1.58. The molecule has 1 aliphatic carbocycles. The van der Waals surface area contributed by atoms with Gasteiger partial charge in [0.05, 0.1) is 14.2 Å². The Morgan fingerprint density at radius 2 is 1.91 bits per heavy atom. The fourth-order valence-electron chi connectivity index (χ4n) is 4.56. The Hall–Kier alpha value is -3.52. The number of benzene rings is 2. The van der Waals surface area contributed by atoms with E-state index in [1.807, 2.05) is 36.4 Å². The number of nitrogens with zero attached hydrogens (tertiary/aromatic N) is 3. The number of allylic oxidation sites excluding steroid dienone is 2.